The van der Waals surface area contributed by atoms with Crippen LogP contribution in [-0.2, 0) is 16.1 Å². The first-order valence-electron chi connectivity index (χ1n) is 8.86. The highest BCUT2D eigenvalue weighted by Crippen LogP contribution is 2.60. The standard InChI is InChI=1S/C22H20F4O2/c1-21(2)17(12-18(23)22(24,25)26)19(21)20(27)28-13-14-7-6-10-16(11-14)15-8-4-3-5-9-15/h3-12,17,19H,13H2,1-2H3. The van der Waals surface area contributed by atoms with E-state index in [9.17, 15) is 22.4 Å². The van der Waals surface area contributed by atoms with E-state index in [1.807, 2.05) is 48.5 Å². The fourth-order valence-corrected chi connectivity index (χ4v) is 3.41. The van der Waals surface area contributed by atoms with Gasteiger partial charge in [0.05, 0.1) is 5.92 Å². The summed E-state index contributed by atoms with van der Waals surface area (Å²) in [5.74, 6) is -4.42. The third-order valence-electron chi connectivity index (χ3n) is 5.18. The summed E-state index contributed by atoms with van der Waals surface area (Å²) >= 11 is 0. The molecule has 2 nitrogen and oxygen atoms in total. The Balaban J connectivity index is 1.65. The quantitative estimate of drug-likeness (QED) is 0.455. The van der Waals surface area contributed by atoms with E-state index in [-0.39, 0.29) is 6.61 Å². The van der Waals surface area contributed by atoms with Crippen LogP contribution in [0, 0.1) is 17.3 Å². The lowest BCUT2D eigenvalue weighted by Crippen LogP contribution is -2.11. The molecule has 0 aliphatic heterocycles. The third kappa shape index (κ3) is 4.26. The second kappa shape index (κ2) is 7.41. The first-order chi connectivity index (χ1) is 13.1. The van der Waals surface area contributed by atoms with Crippen LogP contribution in [0.1, 0.15) is 19.4 Å². The number of halogens is 4. The number of ether oxygens (including phenoxy) is 1. The lowest BCUT2D eigenvalue weighted by atomic mass is 10.0. The van der Waals surface area contributed by atoms with Crippen LogP contribution in [0.4, 0.5) is 17.6 Å². The Labute approximate surface area is 160 Å². The maximum atomic E-state index is 13.2. The van der Waals surface area contributed by atoms with Crippen molar-refractivity contribution < 1.29 is 27.1 Å². The van der Waals surface area contributed by atoms with Crippen molar-refractivity contribution in [2.24, 2.45) is 17.3 Å². The Kier molecular flexibility index (Phi) is 5.33. The summed E-state index contributed by atoms with van der Waals surface area (Å²) in [5, 5.41) is 0. The summed E-state index contributed by atoms with van der Waals surface area (Å²) in [6.07, 6.45) is -4.55. The van der Waals surface area contributed by atoms with Crippen molar-refractivity contribution in [3.05, 3.63) is 72.1 Å². The monoisotopic (exact) mass is 392 g/mol. The van der Waals surface area contributed by atoms with E-state index in [2.05, 4.69) is 0 Å². The summed E-state index contributed by atoms with van der Waals surface area (Å²) in [6, 6.07) is 17.2. The number of carbonyl (C=O) groups is 1. The van der Waals surface area contributed by atoms with Crippen molar-refractivity contribution >= 4 is 5.97 Å². The molecule has 0 spiro atoms. The highest BCUT2D eigenvalue weighted by atomic mass is 19.4. The van der Waals surface area contributed by atoms with E-state index in [0.29, 0.717) is 6.08 Å². The van der Waals surface area contributed by atoms with Gasteiger partial charge in [0.1, 0.15) is 6.61 Å². The molecule has 1 fully saturated rings. The normalized spacial score (nSPS) is 21.3. The number of benzene rings is 2. The van der Waals surface area contributed by atoms with Gasteiger partial charge in [0.25, 0.3) is 0 Å². The van der Waals surface area contributed by atoms with Crippen LogP contribution >= 0.6 is 0 Å². The molecule has 148 valence electrons. The van der Waals surface area contributed by atoms with Gasteiger partial charge in [-0.1, -0.05) is 62.4 Å². The number of hydrogen-bond donors (Lipinski definition) is 0. The number of alkyl halides is 3. The van der Waals surface area contributed by atoms with Crippen molar-refractivity contribution in [3.8, 4) is 11.1 Å². The zero-order valence-electron chi connectivity index (χ0n) is 15.5. The largest absolute Gasteiger partial charge is 0.461 e. The molecule has 2 aromatic carbocycles. The van der Waals surface area contributed by atoms with Crippen molar-refractivity contribution in [2.45, 2.75) is 26.6 Å². The zero-order valence-corrected chi connectivity index (χ0v) is 15.5. The summed E-state index contributed by atoms with van der Waals surface area (Å²) in [7, 11) is 0. The van der Waals surface area contributed by atoms with Gasteiger partial charge in [0.2, 0.25) is 0 Å². The molecule has 0 heterocycles. The minimum atomic E-state index is -5.04. The molecule has 2 atom stereocenters. The maximum Gasteiger partial charge on any atom is 0.442 e. The highest BCUT2D eigenvalue weighted by Gasteiger charge is 2.62. The molecule has 2 unspecified atom stereocenters. The van der Waals surface area contributed by atoms with Gasteiger partial charge < -0.3 is 4.74 Å². The van der Waals surface area contributed by atoms with Gasteiger partial charge >= 0.3 is 12.1 Å². The van der Waals surface area contributed by atoms with Gasteiger partial charge in [-0.15, -0.1) is 0 Å². The SMILES string of the molecule is CC1(C)C(C=C(F)C(F)(F)F)C1C(=O)OCc1cccc(-c2ccccc2)c1. The fraction of sp³-hybridized carbons (Fsp3) is 0.318. The molecule has 0 radical (unpaired) electrons. The van der Waals surface area contributed by atoms with Gasteiger partial charge in [-0.2, -0.15) is 13.2 Å². The Bertz CT molecular complexity index is 885. The van der Waals surface area contributed by atoms with Crippen LogP contribution in [0.25, 0.3) is 11.1 Å². The second-order valence-electron chi connectivity index (χ2n) is 7.51. The Morgan fingerprint density at radius 1 is 1.07 bits per heavy atom. The van der Waals surface area contributed by atoms with Crippen molar-refractivity contribution in [1.29, 1.82) is 0 Å². The first-order valence-corrected chi connectivity index (χ1v) is 8.86. The third-order valence-corrected chi connectivity index (χ3v) is 5.18. The highest BCUT2D eigenvalue weighted by molar-refractivity contribution is 5.78. The maximum absolute atomic E-state index is 13.2. The Morgan fingerprint density at radius 3 is 2.36 bits per heavy atom. The molecule has 0 bridgehead atoms. The summed E-state index contributed by atoms with van der Waals surface area (Å²) < 4.78 is 55.7. The van der Waals surface area contributed by atoms with Crippen molar-refractivity contribution in [2.75, 3.05) is 0 Å². The molecule has 0 amide bonds. The lowest BCUT2D eigenvalue weighted by Gasteiger charge is -2.08. The van der Waals surface area contributed by atoms with E-state index in [1.54, 1.807) is 19.9 Å². The van der Waals surface area contributed by atoms with Crippen molar-refractivity contribution in [3.63, 3.8) is 0 Å². The van der Waals surface area contributed by atoms with Crippen LogP contribution in [0.15, 0.2) is 66.5 Å². The number of carbonyl (C=O) groups excluding carboxylic acids is 1. The molecular formula is C22H20F4O2. The van der Waals surface area contributed by atoms with Crippen molar-refractivity contribution in [1.82, 2.24) is 0 Å². The topological polar surface area (TPSA) is 26.3 Å². The molecule has 28 heavy (non-hydrogen) atoms. The van der Waals surface area contributed by atoms with Gasteiger partial charge in [0.15, 0.2) is 5.83 Å². The molecule has 6 heteroatoms. The number of hydrogen-bond acceptors (Lipinski definition) is 2. The fourth-order valence-electron chi connectivity index (χ4n) is 3.41. The van der Waals surface area contributed by atoms with E-state index in [4.69, 9.17) is 4.74 Å². The average Bonchev–Trinajstić information content (AvgIpc) is 3.20. The Morgan fingerprint density at radius 2 is 1.71 bits per heavy atom. The number of rotatable bonds is 5. The van der Waals surface area contributed by atoms with E-state index < -0.39 is 35.2 Å². The molecule has 0 aromatic heterocycles. The number of allylic oxidation sites excluding steroid dienone is 2. The molecule has 1 saturated carbocycles. The van der Waals surface area contributed by atoms with Gasteiger partial charge in [-0.05, 0) is 40.2 Å². The molecule has 0 saturated heterocycles. The average molecular weight is 392 g/mol. The molecule has 1 aliphatic carbocycles. The van der Waals surface area contributed by atoms with Gasteiger partial charge in [-0.25, -0.2) is 4.39 Å². The minimum Gasteiger partial charge on any atom is -0.461 e. The smallest absolute Gasteiger partial charge is 0.442 e. The van der Waals surface area contributed by atoms with E-state index in [0.717, 1.165) is 16.7 Å². The zero-order chi connectivity index (χ0) is 20.5. The van der Waals surface area contributed by atoms with E-state index >= 15 is 0 Å². The van der Waals surface area contributed by atoms with Crippen LogP contribution < -0.4 is 0 Å². The first kappa shape index (κ1) is 20.1. The molecule has 1 aliphatic rings. The molecule has 3 rings (SSSR count). The second-order valence-corrected chi connectivity index (χ2v) is 7.51. The summed E-state index contributed by atoms with van der Waals surface area (Å²) in [4.78, 5) is 12.3. The summed E-state index contributed by atoms with van der Waals surface area (Å²) in [5.41, 5.74) is 1.98. The lowest BCUT2D eigenvalue weighted by molar-refractivity contribution is -0.147. The van der Waals surface area contributed by atoms with Gasteiger partial charge in [0, 0.05) is 0 Å². The predicted octanol–water partition coefficient (Wildman–Crippen LogP) is 6.08. The number of esters is 1. The van der Waals surface area contributed by atoms with Gasteiger partial charge in [-0.3, -0.25) is 4.79 Å². The van der Waals surface area contributed by atoms with Crippen LogP contribution in [-0.4, -0.2) is 12.1 Å². The molecule has 2 aromatic rings. The predicted molar refractivity (Wildman–Crippen MR) is 97.7 cm³/mol. The Hall–Kier alpha value is -2.63. The van der Waals surface area contributed by atoms with E-state index in [1.165, 1.54) is 0 Å². The summed E-state index contributed by atoms with van der Waals surface area (Å²) in [6.45, 7) is 3.25. The van der Waals surface area contributed by atoms with Crippen LogP contribution in [0.2, 0.25) is 0 Å². The van der Waals surface area contributed by atoms with Crippen LogP contribution in [0.3, 0.4) is 0 Å². The molecular weight excluding hydrogens is 372 g/mol. The molecule has 0 N–H and O–H groups in total. The minimum absolute atomic E-state index is 0.00424. The van der Waals surface area contributed by atoms with Crippen LogP contribution in [0.5, 0.6) is 0 Å².